The summed E-state index contributed by atoms with van der Waals surface area (Å²) in [5.74, 6) is 0.101. The number of hydrogen-bond donors (Lipinski definition) is 3. The molecule has 6 heteroatoms. The van der Waals surface area contributed by atoms with E-state index in [1.165, 1.54) is 18.3 Å². The van der Waals surface area contributed by atoms with Gasteiger partial charge in [-0.3, -0.25) is 4.79 Å². The van der Waals surface area contributed by atoms with Gasteiger partial charge in [0.15, 0.2) is 0 Å². The maximum atomic E-state index is 12.8. The van der Waals surface area contributed by atoms with E-state index in [1.807, 2.05) is 0 Å². The van der Waals surface area contributed by atoms with Crippen molar-refractivity contribution in [2.45, 2.75) is 19.4 Å². The largest absolute Gasteiger partial charge is 0.392 e. The van der Waals surface area contributed by atoms with Crippen LogP contribution in [0.25, 0.3) is 0 Å². The number of nitrogens with zero attached hydrogens (tertiary/aromatic N) is 1. The Bertz CT molecular complexity index is 612. The predicted octanol–water partition coefficient (Wildman–Crippen LogP) is 2.19. The van der Waals surface area contributed by atoms with Crippen molar-refractivity contribution in [1.29, 1.82) is 0 Å². The number of amides is 1. The fourth-order valence-corrected chi connectivity index (χ4v) is 1.82. The Hall–Kier alpha value is -2.47. The molecule has 1 amide bonds. The van der Waals surface area contributed by atoms with Gasteiger partial charge in [0.1, 0.15) is 11.6 Å². The van der Waals surface area contributed by atoms with Crippen molar-refractivity contribution < 1.29 is 14.3 Å². The van der Waals surface area contributed by atoms with Gasteiger partial charge in [0.05, 0.1) is 24.4 Å². The molecule has 5 nitrogen and oxygen atoms in total. The number of aromatic nitrogens is 1. The average Bonchev–Trinajstić information content (AvgIpc) is 2.49. The fourth-order valence-electron chi connectivity index (χ4n) is 1.82. The van der Waals surface area contributed by atoms with Gasteiger partial charge in [-0.05, 0) is 36.8 Å². The molecule has 2 aromatic rings. The second-order valence-electron chi connectivity index (χ2n) is 5.01. The number of aliphatic hydroxyl groups excluding tert-OH is 1. The number of halogens is 1. The van der Waals surface area contributed by atoms with E-state index >= 15 is 0 Å². The zero-order valence-electron chi connectivity index (χ0n) is 12.2. The SMILES string of the molecule is CC(O)CNc1ccc(NC(=O)Cc2ccc(F)cc2)cn1. The first-order valence-corrected chi connectivity index (χ1v) is 6.95. The van der Waals surface area contributed by atoms with Crippen molar-refractivity contribution >= 4 is 17.4 Å². The number of aliphatic hydroxyl groups is 1. The second-order valence-corrected chi connectivity index (χ2v) is 5.01. The summed E-state index contributed by atoms with van der Waals surface area (Å²) in [6, 6.07) is 9.25. The lowest BCUT2D eigenvalue weighted by Gasteiger charge is -2.09. The monoisotopic (exact) mass is 303 g/mol. The minimum atomic E-state index is -0.461. The van der Waals surface area contributed by atoms with Crippen LogP contribution in [0.5, 0.6) is 0 Å². The lowest BCUT2D eigenvalue weighted by Crippen LogP contribution is -2.16. The van der Waals surface area contributed by atoms with E-state index in [4.69, 9.17) is 0 Å². The van der Waals surface area contributed by atoms with Crippen LogP contribution >= 0.6 is 0 Å². The molecule has 0 saturated heterocycles. The Kier molecular flexibility index (Phi) is 5.43. The molecule has 0 aliphatic rings. The van der Waals surface area contributed by atoms with Crippen LogP contribution in [-0.4, -0.2) is 28.6 Å². The maximum Gasteiger partial charge on any atom is 0.228 e. The maximum absolute atomic E-state index is 12.8. The van der Waals surface area contributed by atoms with E-state index < -0.39 is 6.10 Å². The molecular formula is C16H18FN3O2. The number of carbonyl (C=O) groups is 1. The summed E-state index contributed by atoms with van der Waals surface area (Å²) in [4.78, 5) is 16.0. The number of pyridine rings is 1. The van der Waals surface area contributed by atoms with Crippen molar-refractivity contribution in [2.75, 3.05) is 17.2 Å². The van der Waals surface area contributed by atoms with Crippen LogP contribution in [0.3, 0.4) is 0 Å². The standard InChI is InChI=1S/C16H18FN3O2/c1-11(21)9-18-15-7-6-14(10-19-15)20-16(22)8-12-2-4-13(17)5-3-12/h2-7,10-11,21H,8-9H2,1H3,(H,18,19)(H,20,22). The van der Waals surface area contributed by atoms with Crippen molar-refractivity contribution in [3.8, 4) is 0 Å². The zero-order chi connectivity index (χ0) is 15.9. The second kappa shape index (κ2) is 7.51. The zero-order valence-corrected chi connectivity index (χ0v) is 12.2. The summed E-state index contributed by atoms with van der Waals surface area (Å²) in [6.07, 6.45) is 1.24. The first kappa shape index (κ1) is 15.9. The topological polar surface area (TPSA) is 74.2 Å². The van der Waals surface area contributed by atoms with Crippen molar-refractivity contribution in [3.63, 3.8) is 0 Å². The number of rotatable bonds is 6. The predicted molar refractivity (Wildman–Crippen MR) is 83.1 cm³/mol. The summed E-state index contributed by atoms with van der Waals surface area (Å²) in [5, 5.41) is 14.9. The number of anilines is 2. The van der Waals surface area contributed by atoms with Crippen molar-refractivity contribution in [3.05, 3.63) is 54.0 Å². The Morgan fingerprint density at radius 3 is 2.59 bits per heavy atom. The quantitative estimate of drug-likeness (QED) is 0.765. The van der Waals surface area contributed by atoms with Gasteiger partial charge in [0.25, 0.3) is 0 Å². The minimum Gasteiger partial charge on any atom is -0.392 e. The van der Waals surface area contributed by atoms with Crippen molar-refractivity contribution in [2.24, 2.45) is 0 Å². The lowest BCUT2D eigenvalue weighted by molar-refractivity contribution is -0.115. The van der Waals surface area contributed by atoms with Gasteiger partial charge in [-0.2, -0.15) is 0 Å². The van der Waals surface area contributed by atoms with Crippen LogP contribution in [0.15, 0.2) is 42.6 Å². The van der Waals surface area contributed by atoms with E-state index in [0.29, 0.717) is 18.1 Å². The Balaban J connectivity index is 1.87. The average molecular weight is 303 g/mol. The molecule has 0 fully saturated rings. The van der Waals surface area contributed by atoms with Gasteiger partial charge >= 0.3 is 0 Å². The van der Waals surface area contributed by atoms with Crippen LogP contribution in [0.2, 0.25) is 0 Å². The molecule has 0 aliphatic heterocycles. The molecule has 0 radical (unpaired) electrons. The molecule has 0 bridgehead atoms. The molecule has 3 N–H and O–H groups in total. The van der Waals surface area contributed by atoms with Crippen LogP contribution < -0.4 is 10.6 Å². The van der Waals surface area contributed by atoms with Crippen LogP contribution in [0, 0.1) is 5.82 Å². The molecule has 1 unspecified atom stereocenters. The summed E-state index contributed by atoms with van der Waals surface area (Å²) in [5.41, 5.74) is 1.32. The Labute approximate surface area is 128 Å². The van der Waals surface area contributed by atoms with Gasteiger partial charge in [0, 0.05) is 6.54 Å². The summed E-state index contributed by atoms with van der Waals surface area (Å²) in [7, 11) is 0. The van der Waals surface area contributed by atoms with Gasteiger partial charge < -0.3 is 15.7 Å². The summed E-state index contributed by atoms with van der Waals surface area (Å²) < 4.78 is 12.8. The smallest absolute Gasteiger partial charge is 0.228 e. The van der Waals surface area contributed by atoms with E-state index in [1.54, 1.807) is 31.2 Å². The third-order valence-corrected chi connectivity index (χ3v) is 2.90. The molecule has 0 saturated carbocycles. The van der Waals surface area contributed by atoms with Crippen LogP contribution in [0.4, 0.5) is 15.9 Å². The van der Waals surface area contributed by atoms with E-state index in [-0.39, 0.29) is 18.1 Å². The van der Waals surface area contributed by atoms with Gasteiger partial charge in [-0.1, -0.05) is 12.1 Å². The number of benzene rings is 1. The molecular weight excluding hydrogens is 285 g/mol. The third kappa shape index (κ3) is 5.14. The normalized spacial score (nSPS) is 11.8. The fraction of sp³-hybridized carbons (Fsp3) is 0.250. The highest BCUT2D eigenvalue weighted by Gasteiger charge is 2.05. The number of carbonyl (C=O) groups excluding carboxylic acids is 1. The summed E-state index contributed by atoms with van der Waals surface area (Å²) in [6.45, 7) is 2.08. The van der Waals surface area contributed by atoms with Crippen LogP contribution in [0.1, 0.15) is 12.5 Å². The van der Waals surface area contributed by atoms with E-state index in [0.717, 1.165) is 5.56 Å². The molecule has 1 heterocycles. The molecule has 1 aromatic heterocycles. The lowest BCUT2D eigenvalue weighted by atomic mass is 10.1. The number of hydrogen-bond acceptors (Lipinski definition) is 4. The van der Waals surface area contributed by atoms with Crippen molar-refractivity contribution in [1.82, 2.24) is 4.98 Å². The highest BCUT2D eigenvalue weighted by atomic mass is 19.1. The molecule has 22 heavy (non-hydrogen) atoms. The minimum absolute atomic E-state index is 0.169. The number of nitrogens with one attached hydrogen (secondary N) is 2. The summed E-state index contributed by atoms with van der Waals surface area (Å²) >= 11 is 0. The molecule has 1 atom stereocenters. The highest BCUT2D eigenvalue weighted by molar-refractivity contribution is 5.92. The molecule has 2 rings (SSSR count). The van der Waals surface area contributed by atoms with E-state index in [9.17, 15) is 14.3 Å². The first-order valence-electron chi connectivity index (χ1n) is 6.95. The van der Waals surface area contributed by atoms with Gasteiger partial charge in [-0.25, -0.2) is 9.37 Å². The molecule has 116 valence electrons. The molecule has 0 spiro atoms. The van der Waals surface area contributed by atoms with Gasteiger partial charge in [-0.15, -0.1) is 0 Å². The molecule has 0 aliphatic carbocycles. The third-order valence-electron chi connectivity index (χ3n) is 2.90. The van der Waals surface area contributed by atoms with E-state index in [2.05, 4.69) is 15.6 Å². The highest BCUT2D eigenvalue weighted by Crippen LogP contribution is 2.11. The van der Waals surface area contributed by atoms with Gasteiger partial charge in [0.2, 0.25) is 5.91 Å². The Morgan fingerprint density at radius 2 is 2.00 bits per heavy atom. The Morgan fingerprint density at radius 1 is 1.27 bits per heavy atom. The first-order chi connectivity index (χ1) is 10.5. The van der Waals surface area contributed by atoms with Crippen LogP contribution in [-0.2, 0) is 11.2 Å². The molecule has 1 aromatic carbocycles.